The number of hydrogen-bond acceptors (Lipinski definition) is 4. The Hall–Kier alpha value is -2.77. The maximum atomic E-state index is 12.1. The predicted molar refractivity (Wildman–Crippen MR) is 122 cm³/mol. The number of carbonyl (C=O) groups excluding carboxylic acids is 2. The number of anilines is 1. The third-order valence-electron chi connectivity index (χ3n) is 4.10. The van der Waals surface area contributed by atoms with E-state index in [1.807, 2.05) is 65.8 Å². The first-order chi connectivity index (χ1) is 14.1. The van der Waals surface area contributed by atoms with Gasteiger partial charge in [0.1, 0.15) is 5.60 Å². The van der Waals surface area contributed by atoms with Gasteiger partial charge < -0.3 is 26.0 Å². The van der Waals surface area contributed by atoms with Crippen molar-refractivity contribution in [1.82, 2.24) is 16.0 Å². The Morgan fingerprint density at radius 3 is 2.43 bits per heavy atom. The summed E-state index contributed by atoms with van der Waals surface area (Å²) in [4.78, 5) is 28.3. The minimum absolute atomic E-state index is 0.0191. The smallest absolute Gasteiger partial charge is 0.407 e. The minimum Gasteiger partial charge on any atom is -0.444 e. The highest BCUT2D eigenvalue weighted by molar-refractivity contribution is 5.92. The molecular weight excluding hydrogens is 382 g/mol. The van der Waals surface area contributed by atoms with Crippen LogP contribution in [0.5, 0.6) is 0 Å². The second-order valence-electron chi connectivity index (χ2n) is 8.05. The van der Waals surface area contributed by atoms with Gasteiger partial charge in [-0.25, -0.2) is 9.79 Å². The Morgan fingerprint density at radius 1 is 1.10 bits per heavy atom. The third-order valence-corrected chi connectivity index (χ3v) is 4.10. The van der Waals surface area contributed by atoms with Gasteiger partial charge in [0, 0.05) is 31.2 Å². The number of aliphatic imine (C=N–C) groups is 1. The van der Waals surface area contributed by atoms with Crippen LogP contribution >= 0.6 is 0 Å². The lowest BCUT2D eigenvalue weighted by Crippen LogP contribution is -2.42. The second-order valence-corrected chi connectivity index (χ2v) is 8.05. The van der Waals surface area contributed by atoms with Crippen LogP contribution in [-0.2, 0) is 16.1 Å². The molecule has 1 atom stereocenters. The van der Waals surface area contributed by atoms with Gasteiger partial charge in [-0.05, 0) is 51.8 Å². The number of benzene rings is 1. The van der Waals surface area contributed by atoms with Crippen molar-refractivity contribution < 1.29 is 14.3 Å². The van der Waals surface area contributed by atoms with Crippen molar-refractivity contribution >= 4 is 23.6 Å². The van der Waals surface area contributed by atoms with Crippen molar-refractivity contribution in [1.29, 1.82) is 0 Å². The molecule has 30 heavy (non-hydrogen) atoms. The molecule has 0 spiro atoms. The van der Waals surface area contributed by atoms with E-state index < -0.39 is 11.7 Å². The molecule has 1 unspecified atom stereocenters. The standard InChI is InChI=1S/C22H37N5O3/c1-7-16(3)19(28)27-18-11-9-10-17(14-18)15-26-20(23-8-2)24-12-13-25-21(29)30-22(4,5)6/h9-11,14,16H,7-8,12-13,15H2,1-6H3,(H,25,29)(H,27,28)(H2,23,24,26). The van der Waals surface area contributed by atoms with Crippen LogP contribution in [0, 0.1) is 5.92 Å². The number of hydrogen-bond donors (Lipinski definition) is 4. The van der Waals surface area contributed by atoms with Gasteiger partial charge in [0.05, 0.1) is 6.54 Å². The van der Waals surface area contributed by atoms with Gasteiger partial charge in [-0.2, -0.15) is 0 Å². The molecule has 0 aliphatic carbocycles. The number of nitrogens with zero attached hydrogens (tertiary/aromatic N) is 1. The number of alkyl carbamates (subject to hydrolysis) is 1. The molecule has 0 aromatic heterocycles. The highest BCUT2D eigenvalue weighted by Crippen LogP contribution is 2.14. The molecular formula is C22H37N5O3. The van der Waals surface area contributed by atoms with E-state index in [9.17, 15) is 9.59 Å². The van der Waals surface area contributed by atoms with E-state index in [1.165, 1.54) is 0 Å². The Balaban J connectivity index is 2.57. The molecule has 0 aliphatic rings. The molecule has 168 valence electrons. The van der Waals surface area contributed by atoms with Gasteiger partial charge in [0.25, 0.3) is 0 Å². The summed E-state index contributed by atoms with van der Waals surface area (Å²) in [5.74, 6) is 0.647. The summed E-state index contributed by atoms with van der Waals surface area (Å²) in [6, 6.07) is 7.68. The van der Waals surface area contributed by atoms with E-state index in [-0.39, 0.29) is 11.8 Å². The monoisotopic (exact) mass is 419 g/mol. The molecule has 1 aromatic carbocycles. The molecule has 0 heterocycles. The van der Waals surface area contributed by atoms with Crippen LogP contribution in [0.2, 0.25) is 0 Å². The maximum Gasteiger partial charge on any atom is 0.407 e. The number of rotatable bonds is 9. The lowest BCUT2D eigenvalue weighted by molar-refractivity contribution is -0.119. The van der Waals surface area contributed by atoms with Crippen molar-refractivity contribution in [2.24, 2.45) is 10.9 Å². The minimum atomic E-state index is -0.517. The van der Waals surface area contributed by atoms with E-state index in [1.54, 1.807) is 0 Å². The van der Waals surface area contributed by atoms with Gasteiger partial charge >= 0.3 is 6.09 Å². The normalized spacial score (nSPS) is 12.7. The molecule has 2 amide bonds. The van der Waals surface area contributed by atoms with Gasteiger partial charge in [0.15, 0.2) is 5.96 Å². The van der Waals surface area contributed by atoms with Crippen LogP contribution in [0.3, 0.4) is 0 Å². The van der Waals surface area contributed by atoms with Crippen molar-refractivity contribution in [2.45, 2.75) is 60.1 Å². The van der Waals surface area contributed by atoms with Crippen LogP contribution in [0.25, 0.3) is 0 Å². The van der Waals surface area contributed by atoms with Crippen LogP contribution in [0.15, 0.2) is 29.3 Å². The Labute approximate surface area is 180 Å². The number of carbonyl (C=O) groups is 2. The average molecular weight is 420 g/mol. The number of guanidine groups is 1. The summed E-state index contributed by atoms with van der Waals surface area (Å²) in [5, 5.41) is 12.0. The largest absolute Gasteiger partial charge is 0.444 e. The lowest BCUT2D eigenvalue weighted by Gasteiger charge is -2.19. The van der Waals surface area contributed by atoms with E-state index in [2.05, 4.69) is 26.3 Å². The summed E-state index contributed by atoms with van der Waals surface area (Å²) < 4.78 is 5.20. The van der Waals surface area contributed by atoms with Gasteiger partial charge in [-0.3, -0.25) is 4.79 Å². The first-order valence-electron chi connectivity index (χ1n) is 10.5. The molecule has 1 aromatic rings. The first kappa shape index (κ1) is 25.3. The molecule has 0 aliphatic heterocycles. The highest BCUT2D eigenvalue weighted by Gasteiger charge is 2.15. The van der Waals surface area contributed by atoms with E-state index in [0.717, 1.165) is 24.2 Å². The summed E-state index contributed by atoms with van der Waals surface area (Å²) in [7, 11) is 0. The Kier molecular flexibility index (Phi) is 10.7. The number of ether oxygens (including phenoxy) is 1. The quantitative estimate of drug-likeness (QED) is 0.279. The number of amides is 2. The molecule has 8 heteroatoms. The molecule has 0 saturated heterocycles. The molecule has 0 fully saturated rings. The Bertz CT molecular complexity index is 713. The topological polar surface area (TPSA) is 104 Å². The molecule has 0 radical (unpaired) electrons. The molecule has 4 N–H and O–H groups in total. The van der Waals surface area contributed by atoms with E-state index in [4.69, 9.17) is 4.74 Å². The van der Waals surface area contributed by atoms with Crippen LogP contribution in [0.4, 0.5) is 10.5 Å². The first-order valence-corrected chi connectivity index (χ1v) is 10.5. The maximum absolute atomic E-state index is 12.1. The number of nitrogens with one attached hydrogen (secondary N) is 4. The SMILES string of the molecule is CCNC(=NCc1cccc(NC(=O)C(C)CC)c1)NCCNC(=O)OC(C)(C)C. The van der Waals surface area contributed by atoms with Crippen LogP contribution in [0.1, 0.15) is 53.5 Å². The molecule has 0 saturated carbocycles. The summed E-state index contributed by atoms with van der Waals surface area (Å²) in [6.07, 6.45) is 0.360. The fraction of sp³-hybridized carbons (Fsp3) is 0.591. The van der Waals surface area contributed by atoms with Gasteiger partial charge in [-0.1, -0.05) is 26.0 Å². The molecule has 0 bridgehead atoms. The summed E-state index contributed by atoms with van der Waals surface area (Å²) >= 11 is 0. The fourth-order valence-electron chi connectivity index (χ4n) is 2.37. The van der Waals surface area contributed by atoms with Crippen molar-refractivity contribution in [3.05, 3.63) is 29.8 Å². The lowest BCUT2D eigenvalue weighted by atomic mass is 10.1. The van der Waals surface area contributed by atoms with Crippen molar-refractivity contribution in [3.63, 3.8) is 0 Å². The van der Waals surface area contributed by atoms with Crippen molar-refractivity contribution in [3.8, 4) is 0 Å². The predicted octanol–water partition coefficient (Wildman–Crippen LogP) is 3.25. The molecule has 1 rings (SSSR count). The third kappa shape index (κ3) is 10.7. The van der Waals surface area contributed by atoms with Crippen LogP contribution < -0.4 is 21.3 Å². The summed E-state index contributed by atoms with van der Waals surface area (Å²) in [5.41, 5.74) is 1.24. The molecule has 8 nitrogen and oxygen atoms in total. The fourth-order valence-corrected chi connectivity index (χ4v) is 2.37. The van der Waals surface area contributed by atoms with E-state index in [0.29, 0.717) is 25.6 Å². The zero-order valence-corrected chi connectivity index (χ0v) is 19.1. The van der Waals surface area contributed by atoms with Gasteiger partial charge in [-0.15, -0.1) is 0 Å². The summed E-state index contributed by atoms with van der Waals surface area (Å²) in [6.45, 7) is 13.5. The zero-order chi connectivity index (χ0) is 22.6. The zero-order valence-electron chi connectivity index (χ0n) is 19.1. The van der Waals surface area contributed by atoms with Crippen LogP contribution in [-0.4, -0.2) is 43.2 Å². The Morgan fingerprint density at radius 2 is 1.80 bits per heavy atom. The second kappa shape index (κ2) is 12.7. The average Bonchev–Trinajstić information content (AvgIpc) is 2.67. The van der Waals surface area contributed by atoms with Gasteiger partial charge in [0.2, 0.25) is 5.91 Å². The van der Waals surface area contributed by atoms with E-state index >= 15 is 0 Å². The highest BCUT2D eigenvalue weighted by atomic mass is 16.6. The van der Waals surface area contributed by atoms with Crippen molar-refractivity contribution in [2.75, 3.05) is 25.0 Å².